The molecule has 2 aliphatic heterocycles. The van der Waals surface area contributed by atoms with Crippen molar-refractivity contribution in [3.8, 4) is 0 Å². The van der Waals surface area contributed by atoms with Crippen LogP contribution in [0.3, 0.4) is 0 Å². The van der Waals surface area contributed by atoms with Crippen molar-refractivity contribution in [1.82, 2.24) is 4.31 Å². The minimum Gasteiger partial charge on any atom is -0.381 e. The van der Waals surface area contributed by atoms with E-state index in [0.29, 0.717) is 31.7 Å². The third-order valence-corrected chi connectivity index (χ3v) is 7.06. The number of carbonyl (C=O) groups excluding carboxylic acids is 1. The van der Waals surface area contributed by atoms with Crippen molar-refractivity contribution in [1.29, 1.82) is 0 Å². The number of halogens is 1. The molecule has 0 amide bonds. The molecule has 1 aromatic rings. The van der Waals surface area contributed by atoms with Gasteiger partial charge >= 0.3 is 0 Å². The zero-order valence-corrected chi connectivity index (χ0v) is 15.0. The van der Waals surface area contributed by atoms with Gasteiger partial charge in [-0.2, -0.15) is 4.31 Å². The molecule has 3 rings (SSSR count). The van der Waals surface area contributed by atoms with Crippen molar-refractivity contribution in [2.75, 3.05) is 25.5 Å². The molecule has 2 heterocycles. The molecule has 0 N–H and O–H groups in total. The average molecular weight is 369 g/mol. The summed E-state index contributed by atoms with van der Waals surface area (Å²) < 4.78 is 45.4. The lowest BCUT2D eigenvalue weighted by Crippen LogP contribution is -2.41. The van der Waals surface area contributed by atoms with E-state index in [4.69, 9.17) is 4.74 Å². The number of ether oxygens (including phenoxy) is 1. The van der Waals surface area contributed by atoms with Gasteiger partial charge in [0.2, 0.25) is 10.0 Å². The van der Waals surface area contributed by atoms with E-state index in [-0.39, 0.29) is 29.9 Å². The molecule has 2 fully saturated rings. The molecule has 0 unspecified atom stereocenters. The van der Waals surface area contributed by atoms with E-state index in [1.165, 1.54) is 28.6 Å². The monoisotopic (exact) mass is 369 g/mol. The van der Waals surface area contributed by atoms with Crippen molar-refractivity contribution < 1.29 is 22.3 Å². The topological polar surface area (TPSA) is 63.7 Å². The lowest BCUT2D eigenvalue weighted by Gasteiger charge is -2.28. The summed E-state index contributed by atoms with van der Waals surface area (Å²) in [5, 5.41) is 0. The lowest BCUT2D eigenvalue weighted by molar-refractivity contribution is 0.0621. The Hall–Kier alpha value is -1.31. The van der Waals surface area contributed by atoms with E-state index in [1.54, 1.807) is 0 Å². The van der Waals surface area contributed by atoms with Crippen LogP contribution in [-0.2, 0) is 14.8 Å². The van der Waals surface area contributed by atoms with E-state index >= 15 is 0 Å². The SMILES string of the molecule is O=C(C[C@@H]1CCCN1S(=O)(=O)C[C@H]1CCCOC1)c1ccc(F)cc1. The molecular weight excluding hydrogens is 345 g/mol. The molecular formula is C18H24FNO4S. The summed E-state index contributed by atoms with van der Waals surface area (Å²) in [5.41, 5.74) is 0.423. The Kier molecular flexibility index (Phi) is 5.86. The van der Waals surface area contributed by atoms with Crippen LogP contribution in [-0.4, -0.2) is 50.1 Å². The van der Waals surface area contributed by atoms with Gasteiger partial charge in [0.05, 0.1) is 12.4 Å². The van der Waals surface area contributed by atoms with Crippen molar-refractivity contribution in [2.45, 2.75) is 38.1 Å². The van der Waals surface area contributed by atoms with Gasteiger partial charge in [0.15, 0.2) is 5.78 Å². The summed E-state index contributed by atoms with van der Waals surface area (Å²) in [5.74, 6) is -0.411. The molecule has 138 valence electrons. The van der Waals surface area contributed by atoms with Crippen LogP contribution in [0.25, 0.3) is 0 Å². The van der Waals surface area contributed by atoms with Crippen LogP contribution < -0.4 is 0 Å². The van der Waals surface area contributed by atoms with Crippen LogP contribution >= 0.6 is 0 Å². The fourth-order valence-electron chi connectivity index (χ4n) is 3.68. The first-order valence-electron chi connectivity index (χ1n) is 8.82. The van der Waals surface area contributed by atoms with Gasteiger partial charge in [-0.25, -0.2) is 12.8 Å². The van der Waals surface area contributed by atoms with Gasteiger partial charge in [-0.05, 0) is 55.9 Å². The van der Waals surface area contributed by atoms with Crippen molar-refractivity contribution in [3.05, 3.63) is 35.6 Å². The number of benzene rings is 1. The van der Waals surface area contributed by atoms with Crippen LogP contribution in [0.15, 0.2) is 24.3 Å². The number of hydrogen-bond donors (Lipinski definition) is 0. The van der Waals surface area contributed by atoms with Crippen molar-refractivity contribution >= 4 is 15.8 Å². The molecule has 0 spiro atoms. The van der Waals surface area contributed by atoms with E-state index in [1.807, 2.05) is 0 Å². The summed E-state index contributed by atoms with van der Waals surface area (Å²) in [6.45, 7) is 1.67. The Balaban J connectivity index is 1.64. The number of carbonyl (C=O) groups is 1. The first kappa shape index (κ1) is 18.5. The quantitative estimate of drug-likeness (QED) is 0.723. The second-order valence-electron chi connectivity index (χ2n) is 6.90. The fraction of sp³-hybridized carbons (Fsp3) is 0.611. The van der Waals surface area contributed by atoms with Gasteiger partial charge in [0.1, 0.15) is 5.82 Å². The van der Waals surface area contributed by atoms with Gasteiger partial charge in [-0.1, -0.05) is 0 Å². The molecule has 25 heavy (non-hydrogen) atoms. The van der Waals surface area contributed by atoms with Crippen LogP contribution in [0.1, 0.15) is 42.5 Å². The molecule has 0 radical (unpaired) electrons. The van der Waals surface area contributed by atoms with Gasteiger partial charge in [-0.15, -0.1) is 0 Å². The molecule has 2 atom stereocenters. The van der Waals surface area contributed by atoms with Gasteiger partial charge in [0, 0.05) is 31.2 Å². The first-order valence-corrected chi connectivity index (χ1v) is 10.4. The molecule has 1 aromatic carbocycles. The molecule has 7 heteroatoms. The number of hydrogen-bond acceptors (Lipinski definition) is 4. The molecule has 0 aromatic heterocycles. The normalized spacial score (nSPS) is 25.2. The Morgan fingerprint density at radius 2 is 1.96 bits per heavy atom. The minimum atomic E-state index is -3.40. The highest BCUT2D eigenvalue weighted by atomic mass is 32.2. The molecule has 5 nitrogen and oxygen atoms in total. The lowest BCUT2D eigenvalue weighted by atomic mass is 10.0. The van der Waals surface area contributed by atoms with E-state index in [0.717, 1.165) is 19.3 Å². The van der Waals surface area contributed by atoms with E-state index in [9.17, 15) is 17.6 Å². The number of rotatable bonds is 6. The van der Waals surface area contributed by atoms with Gasteiger partial charge in [0.25, 0.3) is 0 Å². The molecule has 2 aliphatic rings. The fourth-order valence-corrected chi connectivity index (χ4v) is 5.77. The highest BCUT2D eigenvalue weighted by Gasteiger charge is 2.37. The smallest absolute Gasteiger partial charge is 0.214 e. The highest BCUT2D eigenvalue weighted by Crippen LogP contribution is 2.27. The largest absolute Gasteiger partial charge is 0.381 e. The Morgan fingerprint density at radius 1 is 1.20 bits per heavy atom. The Morgan fingerprint density at radius 3 is 2.64 bits per heavy atom. The summed E-state index contributed by atoms with van der Waals surface area (Å²) in [4.78, 5) is 12.4. The number of Topliss-reactive ketones (excluding diaryl/α,β-unsaturated/α-hetero) is 1. The van der Waals surface area contributed by atoms with Crippen molar-refractivity contribution in [3.63, 3.8) is 0 Å². The predicted molar refractivity (Wildman–Crippen MR) is 92.4 cm³/mol. The molecule has 0 bridgehead atoms. The van der Waals surface area contributed by atoms with Crippen LogP contribution in [0.4, 0.5) is 4.39 Å². The second kappa shape index (κ2) is 7.93. The zero-order valence-electron chi connectivity index (χ0n) is 14.2. The maximum absolute atomic E-state index is 13.0. The number of ketones is 1. The summed E-state index contributed by atoms with van der Waals surface area (Å²) in [6.07, 6.45) is 3.36. The third-order valence-electron chi connectivity index (χ3n) is 4.97. The average Bonchev–Trinajstić information content (AvgIpc) is 3.05. The second-order valence-corrected chi connectivity index (χ2v) is 8.87. The van der Waals surface area contributed by atoms with E-state index < -0.39 is 15.8 Å². The summed E-state index contributed by atoms with van der Waals surface area (Å²) >= 11 is 0. The van der Waals surface area contributed by atoms with E-state index in [2.05, 4.69) is 0 Å². The number of nitrogens with zero attached hydrogens (tertiary/aromatic N) is 1. The van der Waals surface area contributed by atoms with Crippen LogP contribution in [0.5, 0.6) is 0 Å². The Labute approximate surface area is 148 Å². The molecule has 0 saturated carbocycles. The maximum Gasteiger partial charge on any atom is 0.214 e. The van der Waals surface area contributed by atoms with Gasteiger partial charge in [-0.3, -0.25) is 4.79 Å². The summed E-state index contributed by atoms with van der Waals surface area (Å²) in [7, 11) is -3.40. The standard InChI is InChI=1S/C18H24FNO4S/c19-16-7-5-15(6-8-16)18(21)11-17-4-1-9-20(17)25(22,23)13-14-3-2-10-24-12-14/h5-8,14,17H,1-4,9-13H2/t14-,17-/m0/s1. The van der Waals surface area contributed by atoms with Crippen molar-refractivity contribution in [2.24, 2.45) is 5.92 Å². The number of sulfonamides is 1. The molecule has 0 aliphatic carbocycles. The predicted octanol–water partition coefficient (Wildman–Crippen LogP) is 2.62. The first-order chi connectivity index (χ1) is 12.0. The van der Waals surface area contributed by atoms with Crippen LogP contribution in [0, 0.1) is 11.7 Å². The third kappa shape index (κ3) is 4.65. The molecule has 2 saturated heterocycles. The highest BCUT2D eigenvalue weighted by molar-refractivity contribution is 7.89. The zero-order chi connectivity index (χ0) is 17.9. The maximum atomic E-state index is 13.0. The Bertz CT molecular complexity index is 698. The van der Waals surface area contributed by atoms with Crippen LogP contribution in [0.2, 0.25) is 0 Å². The van der Waals surface area contributed by atoms with Gasteiger partial charge < -0.3 is 4.74 Å². The minimum absolute atomic E-state index is 0.0350. The summed E-state index contributed by atoms with van der Waals surface area (Å²) in [6, 6.07) is 5.10.